The summed E-state index contributed by atoms with van der Waals surface area (Å²) in [7, 11) is 0. The van der Waals surface area contributed by atoms with Crippen LogP contribution in [0.15, 0.2) is 24.3 Å². The number of hydrogen-bond acceptors (Lipinski definition) is 3. The van der Waals surface area contributed by atoms with E-state index >= 15 is 0 Å². The summed E-state index contributed by atoms with van der Waals surface area (Å²) in [5.74, 6) is -1.15. The zero-order valence-corrected chi connectivity index (χ0v) is 15.3. The molecule has 0 saturated heterocycles. The number of nitrogens with one attached hydrogen (secondary N) is 1. The molecular formula is C19H29NO4. The maximum absolute atomic E-state index is 12.0. The molecule has 1 rings (SSSR count). The third-order valence-electron chi connectivity index (χ3n) is 3.67. The van der Waals surface area contributed by atoms with Gasteiger partial charge in [-0.25, -0.2) is 0 Å². The highest BCUT2D eigenvalue weighted by molar-refractivity contribution is 5.77. The van der Waals surface area contributed by atoms with Gasteiger partial charge in [-0.1, -0.05) is 45.0 Å². The summed E-state index contributed by atoms with van der Waals surface area (Å²) in [6.07, 6.45) is 0.137. The van der Waals surface area contributed by atoms with E-state index in [-0.39, 0.29) is 30.3 Å². The first-order valence-corrected chi connectivity index (χ1v) is 8.33. The van der Waals surface area contributed by atoms with Crippen LogP contribution in [0, 0.1) is 0 Å². The van der Waals surface area contributed by atoms with Gasteiger partial charge in [0.05, 0.1) is 25.2 Å². The van der Waals surface area contributed by atoms with E-state index in [0.29, 0.717) is 6.61 Å². The minimum absolute atomic E-state index is 0.0260. The van der Waals surface area contributed by atoms with Gasteiger partial charge >= 0.3 is 5.97 Å². The molecule has 0 radical (unpaired) electrons. The number of benzene rings is 1. The van der Waals surface area contributed by atoms with Crippen molar-refractivity contribution in [3.05, 3.63) is 35.4 Å². The molecule has 1 unspecified atom stereocenters. The lowest BCUT2D eigenvalue weighted by atomic mass is 9.86. The van der Waals surface area contributed by atoms with Gasteiger partial charge in [0, 0.05) is 6.42 Å². The molecule has 0 heterocycles. The number of carboxylic acid groups (broad SMARTS) is 1. The minimum atomic E-state index is -0.946. The molecule has 0 spiro atoms. The Morgan fingerprint density at radius 1 is 1.17 bits per heavy atom. The number of carbonyl (C=O) groups excluding carboxylic acids is 1. The third kappa shape index (κ3) is 7.13. The highest BCUT2D eigenvalue weighted by Crippen LogP contribution is 2.25. The summed E-state index contributed by atoms with van der Waals surface area (Å²) in [4.78, 5) is 23.2. The van der Waals surface area contributed by atoms with Crippen LogP contribution in [0.25, 0.3) is 0 Å². The summed E-state index contributed by atoms with van der Waals surface area (Å²) in [6.45, 7) is 10.5. The van der Waals surface area contributed by atoms with Gasteiger partial charge in [-0.2, -0.15) is 0 Å². The number of rotatable bonds is 8. The lowest BCUT2D eigenvalue weighted by Gasteiger charge is -2.22. The van der Waals surface area contributed by atoms with Crippen LogP contribution in [0.2, 0.25) is 0 Å². The molecule has 0 aliphatic rings. The monoisotopic (exact) mass is 335 g/mol. The topological polar surface area (TPSA) is 75.6 Å². The lowest BCUT2D eigenvalue weighted by Crippen LogP contribution is -2.31. The van der Waals surface area contributed by atoms with Gasteiger partial charge in [-0.05, 0) is 30.4 Å². The smallest absolute Gasteiger partial charge is 0.305 e. The molecule has 2 N–H and O–H groups in total. The highest BCUT2D eigenvalue weighted by atomic mass is 16.5. The zero-order chi connectivity index (χ0) is 18.3. The second-order valence-corrected chi connectivity index (χ2v) is 7.26. The van der Waals surface area contributed by atoms with E-state index in [9.17, 15) is 9.59 Å². The van der Waals surface area contributed by atoms with E-state index in [1.165, 1.54) is 0 Å². The van der Waals surface area contributed by atoms with Crippen molar-refractivity contribution in [3.8, 4) is 0 Å². The van der Waals surface area contributed by atoms with Gasteiger partial charge in [0.25, 0.3) is 0 Å². The molecule has 0 fully saturated rings. The normalized spacial score (nSPS) is 12.9. The number of aliphatic carboxylic acids is 1. The predicted octanol–water partition coefficient (Wildman–Crippen LogP) is 3.43. The Morgan fingerprint density at radius 3 is 2.21 bits per heavy atom. The second kappa shape index (κ2) is 8.83. The molecule has 0 aliphatic carbocycles. The number of amides is 1. The fourth-order valence-electron chi connectivity index (χ4n) is 2.30. The molecule has 1 aromatic rings. The third-order valence-corrected chi connectivity index (χ3v) is 3.67. The summed E-state index contributed by atoms with van der Waals surface area (Å²) >= 11 is 0. The van der Waals surface area contributed by atoms with Crippen LogP contribution >= 0.6 is 0 Å². The molecule has 24 heavy (non-hydrogen) atoms. The van der Waals surface area contributed by atoms with Crippen LogP contribution in [0.4, 0.5) is 0 Å². The summed E-state index contributed by atoms with van der Waals surface area (Å²) in [5, 5.41) is 11.9. The van der Waals surface area contributed by atoms with Crippen molar-refractivity contribution in [2.75, 3.05) is 6.61 Å². The Balaban J connectivity index is 2.78. The van der Waals surface area contributed by atoms with Crippen LogP contribution < -0.4 is 5.32 Å². The Morgan fingerprint density at radius 2 is 1.75 bits per heavy atom. The van der Waals surface area contributed by atoms with E-state index in [4.69, 9.17) is 9.84 Å². The summed E-state index contributed by atoms with van der Waals surface area (Å²) in [6, 6.07) is 7.21. The van der Waals surface area contributed by atoms with Crippen molar-refractivity contribution >= 4 is 11.9 Å². The van der Waals surface area contributed by atoms with Gasteiger partial charge in [0.2, 0.25) is 5.91 Å². The second-order valence-electron chi connectivity index (χ2n) is 7.26. The van der Waals surface area contributed by atoms with Crippen molar-refractivity contribution in [1.82, 2.24) is 5.32 Å². The Hall–Kier alpha value is -1.88. The molecule has 1 amide bonds. The van der Waals surface area contributed by atoms with Gasteiger partial charge < -0.3 is 15.2 Å². The van der Waals surface area contributed by atoms with Crippen LogP contribution in [0.3, 0.4) is 0 Å². The minimum Gasteiger partial charge on any atom is -0.481 e. The quantitative estimate of drug-likeness (QED) is 0.763. The number of carbonyl (C=O) groups is 2. The highest BCUT2D eigenvalue weighted by Gasteiger charge is 2.19. The molecule has 0 bridgehead atoms. The van der Waals surface area contributed by atoms with Crippen LogP contribution in [-0.2, 0) is 19.7 Å². The fourth-order valence-corrected chi connectivity index (χ4v) is 2.30. The van der Waals surface area contributed by atoms with E-state index in [1.807, 2.05) is 38.1 Å². The maximum Gasteiger partial charge on any atom is 0.305 e. The molecule has 0 aromatic heterocycles. The number of ether oxygens (including phenoxy) is 1. The van der Waals surface area contributed by atoms with Crippen molar-refractivity contribution in [2.45, 2.75) is 65.0 Å². The van der Waals surface area contributed by atoms with Gasteiger partial charge in [-0.15, -0.1) is 0 Å². The van der Waals surface area contributed by atoms with Crippen molar-refractivity contribution < 1.29 is 19.4 Å². The molecule has 5 heteroatoms. The standard InChI is InChI=1S/C19H29NO4/c1-13(2)24-11-10-17(21)20-16(12-18(22)23)14-6-8-15(9-7-14)19(3,4)5/h6-9,13,16H,10-12H2,1-5H3,(H,20,21)(H,22,23). The molecule has 0 aliphatic heterocycles. The zero-order valence-electron chi connectivity index (χ0n) is 15.3. The molecule has 1 aromatic carbocycles. The first-order chi connectivity index (χ1) is 11.1. The Bertz CT molecular complexity index is 543. The largest absolute Gasteiger partial charge is 0.481 e. The van der Waals surface area contributed by atoms with Gasteiger partial charge in [0.1, 0.15) is 0 Å². The first kappa shape index (κ1) is 20.2. The van der Waals surface area contributed by atoms with Crippen LogP contribution in [0.1, 0.15) is 64.6 Å². The van der Waals surface area contributed by atoms with Gasteiger partial charge in [-0.3, -0.25) is 9.59 Å². The summed E-state index contributed by atoms with van der Waals surface area (Å²) in [5.41, 5.74) is 1.98. The van der Waals surface area contributed by atoms with E-state index < -0.39 is 12.0 Å². The molecule has 5 nitrogen and oxygen atoms in total. The van der Waals surface area contributed by atoms with Crippen LogP contribution in [0.5, 0.6) is 0 Å². The molecule has 134 valence electrons. The average Bonchev–Trinajstić information content (AvgIpc) is 2.45. The SMILES string of the molecule is CC(C)OCCC(=O)NC(CC(=O)O)c1ccc(C(C)(C)C)cc1. The molecule has 1 atom stereocenters. The Labute approximate surface area is 144 Å². The number of hydrogen-bond donors (Lipinski definition) is 2. The van der Waals surface area contributed by atoms with Crippen molar-refractivity contribution in [2.24, 2.45) is 0 Å². The van der Waals surface area contributed by atoms with E-state index in [2.05, 4.69) is 26.1 Å². The van der Waals surface area contributed by atoms with E-state index in [1.54, 1.807) is 0 Å². The molecule has 0 saturated carbocycles. The first-order valence-electron chi connectivity index (χ1n) is 8.33. The van der Waals surface area contributed by atoms with Crippen molar-refractivity contribution in [1.29, 1.82) is 0 Å². The molecular weight excluding hydrogens is 306 g/mol. The van der Waals surface area contributed by atoms with Crippen LogP contribution in [-0.4, -0.2) is 29.7 Å². The van der Waals surface area contributed by atoms with E-state index in [0.717, 1.165) is 11.1 Å². The summed E-state index contributed by atoms with van der Waals surface area (Å²) < 4.78 is 5.36. The Kier molecular flexibility index (Phi) is 7.42. The number of carboxylic acids is 1. The average molecular weight is 335 g/mol. The van der Waals surface area contributed by atoms with Crippen molar-refractivity contribution in [3.63, 3.8) is 0 Å². The lowest BCUT2D eigenvalue weighted by molar-refractivity contribution is -0.137. The fraction of sp³-hybridized carbons (Fsp3) is 0.579. The maximum atomic E-state index is 12.0. The predicted molar refractivity (Wildman–Crippen MR) is 94.0 cm³/mol. The van der Waals surface area contributed by atoms with Gasteiger partial charge in [0.15, 0.2) is 0 Å².